The molecule has 1 aliphatic carbocycles. The van der Waals surface area contributed by atoms with Crippen LogP contribution in [0.3, 0.4) is 0 Å². The van der Waals surface area contributed by atoms with E-state index in [4.69, 9.17) is 19.9 Å². The van der Waals surface area contributed by atoms with Crippen LogP contribution in [-0.4, -0.2) is 65.7 Å². The van der Waals surface area contributed by atoms with E-state index >= 15 is 0 Å². The van der Waals surface area contributed by atoms with Gasteiger partial charge in [0.2, 0.25) is 11.8 Å². The summed E-state index contributed by atoms with van der Waals surface area (Å²) in [6.45, 7) is 4.65. The van der Waals surface area contributed by atoms with Crippen molar-refractivity contribution in [2.75, 3.05) is 43.9 Å². The predicted molar refractivity (Wildman–Crippen MR) is 127 cm³/mol. The van der Waals surface area contributed by atoms with Gasteiger partial charge in [0.15, 0.2) is 0 Å². The number of likely N-dealkylation sites (N-methyl/N-ethyl adjacent to an activating group) is 2. The minimum absolute atomic E-state index is 0.172. The lowest BCUT2D eigenvalue weighted by Crippen LogP contribution is -2.31. The molecule has 0 aliphatic heterocycles. The van der Waals surface area contributed by atoms with E-state index in [1.165, 1.54) is 0 Å². The molecule has 0 saturated heterocycles. The molecule has 0 amide bonds. The Hall–Kier alpha value is -2.91. The summed E-state index contributed by atoms with van der Waals surface area (Å²) in [6, 6.07) is 6.79. The van der Waals surface area contributed by atoms with Gasteiger partial charge in [0.05, 0.1) is 12.3 Å². The van der Waals surface area contributed by atoms with Crippen molar-refractivity contribution in [3.63, 3.8) is 0 Å². The van der Waals surface area contributed by atoms with Crippen molar-refractivity contribution in [2.24, 2.45) is 5.73 Å². The van der Waals surface area contributed by atoms with E-state index in [1.807, 2.05) is 18.2 Å². The second-order valence-electron chi connectivity index (χ2n) is 8.56. The van der Waals surface area contributed by atoms with E-state index in [2.05, 4.69) is 46.1 Å². The first kappa shape index (κ1) is 22.3. The van der Waals surface area contributed by atoms with Gasteiger partial charge in [-0.1, -0.05) is 12.1 Å². The Balaban J connectivity index is 1.48. The van der Waals surface area contributed by atoms with E-state index in [0.717, 1.165) is 62.0 Å². The van der Waals surface area contributed by atoms with Gasteiger partial charge in [0.1, 0.15) is 11.3 Å². The maximum Gasteiger partial charge on any atom is 0.299 e. The number of oxazole rings is 1. The van der Waals surface area contributed by atoms with Gasteiger partial charge >= 0.3 is 0 Å². The van der Waals surface area contributed by atoms with E-state index in [9.17, 15) is 0 Å². The van der Waals surface area contributed by atoms with Gasteiger partial charge < -0.3 is 24.7 Å². The molecule has 3 aromatic rings. The first-order valence-corrected chi connectivity index (χ1v) is 11.3. The van der Waals surface area contributed by atoms with Crippen LogP contribution in [0.25, 0.3) is 10.9 Å². The zero-order chi connectivity index (χ0) is 22.5. The molecule has 2 aromatic heterocycles. The Kier molecular flexibility index (Phi) is 7.06. The van der Waals surface area contributed by atoms with Gasteiger partial charge in [-0.25, -0.2) is 9.97 Å². The first-order valence-electron chi connectivity index (χ1n) is 11.3. The molecule has 0 atom stereocenters. The van der Waals surface area contributed by atoms with E-state index in [-0.39, 0.29) is 6.10 Å². The van der Waals surface area contributed by atoms with Crippen molar-refractivity contribution in [2.45, 2.75) is 44.8 Å². The lowest BCUT2D eigenvalue weighted by Gasteiger charge is -2.27. The molecule has 1 aromatic carbocycles. The zero-order valence-corrected chi connectivity index (χ0v) is 19.1. The number of nitrogens with zero attached hydrogens (tertiary/aromatic N) is 5. The number of hydrogen-bond acceptors (Lipinski definition) is 9. The Labute approximate surface area is 189 Å². The Morgan fingerprint density at radius 3 is 2.69 bits per heavy atom. The first-order chi connectivity index (χ1) is 15.5. The molecule has 0 bridgehead atoms. The lowest BCUT2D eigenvalue weighted by molar-refractivity contribution is 0.149. The number of aromatic nitrogens is 3. The van der Waals surface area contributed by atoms with Crippen LogP contribution in [0.4, 0.5) is 17.8 Å². The normalized spacial score (nSPS) is 18.8. The molecule has 2 heterocycles. The molecule has 0 radical (unpaired) electrons. The molecule has 0 spiro atoms. The zero-order valence-electron chi connectivity index (χ0n) is 19.1. The van der Waals surface area contributed by atoms with Crippen LogP contribution >= 0.6 is 0 Å². The van der Waals surface area contributed by atoms with Gasteiger partial charge in [0, 0.05) is 37.3 Å². The molecule has 9 heteroatoms. The maximum atomic E-state index is 6.30. The summed E-state index contributed by atoms with van der Waals surface area (Å²) in [6.07, 6.45) is 7.55. The third kappa shape index (κ3) is 5.46. The molecule has 9 nitrogen and oxygen atoms in total. The predicted octanol–water partition coefficient (Wildman–Crippen LogP) is 3.40. The number of para-hydroxylation sites is 1. The van der Waals surface area contributed by atoms with Crippen molar-refractivity contribution in [1.29, 1.82) is 0 Å². The number of rotatable bonds is 9. The fourth-order valence-electron chi connectivity index (χ4n) is 3.86. The maximum absolute atomic E-state index is 6.30. The van der Waals surface area contributed by atoms with Crippen LogP contribution in [-0.2, 0) is 0 Å². The number of ether oxygens (including phenoxy) is 1. The molecule has 4 rings (SSSR count). The standard InChI is InChI=1S/C23H33N7O2/c1-4-30(13-12-29(2)3)23-26-15-20(32-23)27-22-25-14-16-6-5-7-19(21(16)28-22)31-18-10-8-17(24)9-11-18/h5-7,14-15,17-18H,4,8-13,24H2,1-3H3,(H,25,27,28). The van der Waals surface area contributed by atoms with E-state index in [1.54, 1.807) is 12.4 Å². The Bertz CT molecular complexity index is 1010. The summed E-state index contributed by atoms with van der Waals surface area (Å²) in [4.78, 5) is 17.8. The van der Waals surface area contributed by atoms with Crippen molar-refractivity contribution in [3.05, 3.63) is 30.6 Å². The number of anilines is 3. The molecular formula is C23H33N7O2. The van der Waals surface area contributed by atoms with Gasteiger partial charge in [-0.3, -0.25) is 5.32 Å². The van der Waals surface area contributed by atoms with Crippen molar-refractivity contribution in [1.82, 2.24) is 19.9 Å². The molecule has 1 saturated carbocycles. The fourth-order valence-corrected chi connectivity index (χ4v) is 3.86. The van der Waals surface area contributed by atoms with Crippen molar-refractivity contribution >= 4 is 28.8 Å². The molecule has 172 valence electrons. The monoisotopic (exact) mass is 439 g/mol. The number of hydrogen-bond donors (Lipinski definition) is 2. The number of nitrogens with two attached hydrogens (primary N) is 1. The Morgan fingerprint density at radius 2 is 1.94 bits per heavy atom. The minimum Gasteiger partial charge on any atom is -0.488 e. The average molecular weight is 440 g/mol. The topological polar surface area (TPSA) is 106 Å². The molecule has 32 heavy (non-hydrogen) atoms. The van der Waals surface area contributed by atoms with Crippen LogP contribution < -0.4 is 20.7 Å². The lowest BCUT2D eigenvalue weighted by atomic mass is 9.94. The second kappa shape index (κ2) is 10.1. The fraction of sp³-hybridized carbons (Fsp3) is 0.522. The molecule has 0 unspecified atom stereocenters. The highest BCUT2D eigenvalue weighted by atomic mass is 16.5. The van der Waals surface area contributed by atoms with Gasteiger partial charge in [-0.05, 0) is 52.8 Å². The molecular weight excluding hydrogens is 406 g/mol. The largest absolute Gasteiger partial charge is 0.488 e. The van der Waals surface area contributed by atoms with Crippen molar-refractivity contribution in [3.8, 4) is 5.75 Å². The molecule has 1 aliphatic rings. The number of fused-ring (bicyclic) bond motifs is 1. The third-order valence-corrected chi connectivity index (χ3v) is 5.78. The average Bonchev–Trinajstić information content (AvgIpc) is 3.24. The van der Waals surface area contributed by atoms with Gasteiger partial charge in [0.25, 0.3) is 6.01 Å². The van der Waals surface area contributed by atoms with Gasteiger partial charge in [-0.2, -0.15) is 4.98 Å². The summed E-state index contributed by atoms with van der Waals surface area (Å²) in [7, 11) is 4.10. The highest BCUT2D eigenvalue weighted by Crippen LogP contribution is 2.29. The molecule has 1 fully saturated rings. The van der Waals surface area contributed by atoms with Crippen LogP contribution in [0.2, 0.25) is 0 Å². The SMILES string of the molecule is CCN(CCN(C)C)c1ncc(Nc2ncc3cccc(OC4CCC(N)CC4)c3n2)o1. The number of benzene rings is 1. The highest BCUT2D eigenvalue weighted by molar-refractivity contribution is 5.84. The number of nitrogens with one attached hydrogen (secondary N) is 1. The van der Waals surface area contributed by atoms with Crippen LogP contribution in [0.5, 0.6) is 5.75 Å². The van der Waals surface area contributed by atoms with E-state index < -0.39 is 0 Å². The minimum atomic E-state index is 0.172. The smallest absolute Gasteiger partial charge is 0.299 e. The second-order valence-corrected chi connectivity index (χ2v) is 8.56. The van der Waals surface area contributed by atoms with Crippen LogP contribution in [0.15, 0.2) is 35.0 Å². The van der Waals surface area contributed by atoms with Crippen LogP contribution in [0.1, 0.15) is 32.6 Å². The van der Waals surface area contributed by atoms with E-state index in [0.29, 0.717) is 23.9 Å². The summed E-state index contributed by atoms with van der Waals surface area (Å²) < 4.78 is 12.2. The Morgan fingerprint density at radius 1 is 1.12 bits per heavy atom. The quantitative estimate of drug-likeness (QED) is 0.519. The summed E-state index contributed by atoms with van der Waals surface area (Å²) in [5.41, 5.74) is 6.81. The summed E-state index contributed by atoms with van der Waals surface area (Å²) >= 11 is 0. The third-order valence-electron chi connectivity index (χ3n) is 5.78. The summed E-state index contributed by atoms with van der Waals surface area (Å²) in [5, 5.41) is 4.07. The van der Waals surface area contributed by atoms with Gasteiger partial charge in [-0.15, -0.1) is 0 Å². The highest BCUT2D eigenvalue weighted by Gasteiger charge is 2.21. The summed E-state index contributed by atoms with van der Waals surface area (Å²) in [5.74, 6) is 1.72. The molecule has 3 N–H and O–H groups in total. The van der Waals surface area contributed by atoms with Crippen molar-refractivity contribution < 1.29 is 9.15 Å². The van der Waals surface area contributed by atoms with Crippen LogP contribution in [0, 0.1) is 0 Å².